The van der Waals surface area contributed by atoms with E-state index in [0.29, 0.717) is 11.3 Å². The van der Waals surface area contributed by atoms with Crippen LogP contribution in [0.4, 0.5) is 108 Å². The molecule has 99 heavy (non-hydrogen) atoms. The Balaban J connectivity index is 0.833. The zero-order chi connectivity index (χ0) is 64.6. The first-order valence-electron chi connectivity index (χ1n) is 34.0. The molecule has 0 saturated heterocycles. The normalized spacial score (nSPS) is 14.2. The molecule has 15 aromatic rings. The van der Waals surface area contributed by atoms with Gasteiger partial charge in [-0.2, -0.15) is 5.26 Å². The molecular weight excluding hydrogens is 1220 g/mol. The van der Waals surface area contributed by atoms with Crippen molar-refractivity contribution >= 4 is 232 Å². The van der Waals surface area contributed by atoms with Crippen molar-refractivity contribution in [3.8, 4) is 6.07 Å². The lowest BCUT2D eigenvalue weighted by Gasteiger charge is -2.51. The van der Waals surface area contributed by atoms with E-state index in [9.17, 15) is 11.8 Å². The summed E-state index contributed by atoms with van der Waals surface area (Å²) in [5, 5.41) is 14.9. The summed E-state index contributed by atoms with van der Waals surface area (Å²) < 4.78 is 2.30. The smallest absolute Gasteiger partial charge is 0.252 e. The highest BCUT2D eigenvalue weighted by Crippen LogP contribution is 2.58. The van der Waals surface area contributed by atoms with Gasteiger partial charge in [0.2, 0.25) is 19.1 Å². The third-order valence-electron chi connectivity index (χ3n) is 22.5. The number of hydrogen-bond acceptors (Lipinski definition) is 8. The molecule has 0 aliphatic carbocycles. The predicted molar refractivity (Wildman–Crippen MR) is 417 cm³/mol. The van der Waals surface area contributed by atoms with Crippen LogP contribution >= 0.6 is 11.3 Å². The zero-order valence-corrected chi connectivity index (χ0v) is 53.8. The van der Waals surface area contributed by atoms with E-state index in [4.69, 9.17) is 4.85 Å². The molecule has 8 nitrogen and oxygen atoms in total. The van der Waals surface area contributed by atoms with E-state index < -0.39 is 0 Å². The van der Waals surface area contributed by atoms with E-state index in [0.717, 1.165) is 134 Å². The Bertz CT molecular complexity index is 5850. The van der Waals surface area contributed by atoms with Crippen LogP contribution in [0.15, 0.2) is 291 Å². The summed E-state index contributed by atoms with van der Waals surface area (Å²) in [6, 6.07) is 110. The van der Waals surface area contributed by atoms with E-state index in [1.807, 2.05) is 11.3 Å². The number of benzene rings is 14. The molecule has 0 atom stereocenters. The van der Waals surface area contributed by atoms with Crippen LogP contribution in [0.2, 0.25) is 0 Å². The monoisotopic (exact) mass is 1270 g/mol. The number of hydrogen-bond donors (Lipinski definition) is 0. The number of rotatable bonds is 4. The van der Waals surface area contributed by atoms with Gasteiger partial charge in [-0.05, 0) is 173 Å². The molecule has 0 N–H and O–H groups in total. The Labute approximate surface area is 577 Å². The standard InChI is InChI=1S/C86H48B4N8S/c1-92-80-85-78-84-79-86(80)96(54-32-12-5-13-33-54)73-49-75-56(47-65(73)90(79)63-39-19-25-45-71(63)98(84)69-43-23-17-37-61(69)88(78)59-35-15-21-41-67(59)94(85)52-28-8-3-9-29-52)55-46-64-72(48-74(55)99-75)95(53-30-10-4-11-31-53)82-57(50-91)81-76-83-77(82)89(64)62-38-18-24-44-70(62)97(83)68-42-22-16-36-60(68)87(76)58-34-14-20-40-66(58)93(81)51-26-6-2-7-27-51/h2-49H. The Hall–Kier alpha value is -12.7. The van der Waals surface area contributed by atoms with Crippen LogP contribution < -0.4 is 95.0 Å². The molecule has 0 fully saturated rings. The van der Waals surface area contributed by atoms with Gasteiger partial charge < -0.3 is 29.4 Å². The SMILES string of the molecule is [C-]#[N+]c1c2c3c4c5c1N(c1ccccc1)c1cc6sc7cc8c(cc7c6cc1B5c1ccccc1N4c1ccccc1B3c1ccccc1N2c1ccccc1)B1c2ccccc2N2c3ccccc3B3c4ccccc4N(c4ccccc4)c4c(C#N)c(c1c2c43)N8c1ccccc1. The Kier molecular flexibility index (Phi) is 10.6. The molecule has 8 aliphatic rings. The van der Waals surface area contributed by atoms with E-state index in [-0.39, 0.29) is 26.9 Å². The van der Waals surface area contributed by atoms with Crippen molar-refractivity contribution in [3.63, 3.8) is 0 Å². The average molecular weight is 1270 g/mol. The van der Waals surface area contributed by atoms with Crippen molar-refractivity contribution in [1.29, 1.82) is 5.26 Å². The van der Waals surface area contributed by atoms with Gasteiger partial charge in [0.15, 0.2) is 0 Å². The number of nitrogens with zero attached hydrogens (tertiary/aromatic N) is 8. The molecule has 0 bridgehead atoms. The second-order valence-electron chi connectivity index (χ2n) is 27.0. The van der Waals surface area contributed by atoms with Crippen LogP contribution in [-0.2, 0) is 0 Å². The zero-order valence-electron chi connectivity index (χ0n) is 53.0. The van der Waals surface area contributed by atoms with Crippen molar-refractivity contribution in [2.45, 2.75) is 0 Å². The minimum atomic E-state index is -0.264. The van der Waals surface area contributed by atoms with Gasteiger partial charge in [-0.1, -0.05) is 194 Å². The molecule has 0 spiro atoms. The van der Waals surface area contributed by atoms with Crippen LogP contribution in [-0.4, -0.2) is 26.9 Å². The minimum absolute atomic E-state index is 0.155. The lowest BCUT2D eigenvalue weighted by Crippen LogP contribution is -2.69. The van der Waals surface area contributed by atoms with Crippen molar-refractivity contribution in [2.24, 2.45) is 0 Å². The number of nitriles is 1. The molecule has 9 heterocycles. The maximum absolute atomic E-state index is 12.5. The van der Waals surface area contributed by atoms with E-state index in [1.54, 1.807) is 0 Å². The van der Waals surface area contributed by atoms with Gasteiger partial charge in [0.05, 0.1) is 34.9 Å². The summed E-state index contributed by atoms with van der Waals surface area (Å²) in [5.41, 5.74) is 34.3. The first-order chi connectivity index (χ1) is 49.1. The molecule has 0 amide bonds. The average Bonchev–Trinajstić information content (AvgIpc) is 1.04. The first kappa shape index (κ1) is 53.6. The molecule has 0 unspecified atom stereocenters. The van der Waals surface area contributed by atoms with Gasteiger partial charge in [-0.3, -0.25) is 0 Å². The van der Waals surface area contributed by atoms with Gasteiger partial charge in [0.25, 0.3) is 13.4 Å². The number of anilines is 18. The Morgan fingerprint density at radius 1 is 0.283 bits per heavy atom. The highest BCUT2D eigenvalue weighted by molar-refractivity contribution is 7.26. The highest BCUT2D eigenvalue weighted by Gasteiger charge is 2.56. The second-order valence-corrected chi connectivity index (χ2v) is 28.1. The fourth-order valence-corrected chi connectivity index (χ4v) is 20.2. The molecule has 0 radical (unpaired) electrons. The number of fused-ring (bicyclic) bond motifs is 23. The minimum Gasteiger partial charge on any atom is -0.321 e. The number of thiophene rings is 1. The van der Waals surface area contributed by atoms with Gasteiger partial charge >= 0.3 is 0 Å². The lowest BCUT2D eigenvalue weighted by molar-refractivity contribution is 1.22. The molecule has 1 aromatic heterocycles. The largest absolute Gasteiger partial charge is 0.321 e. The second kappa shape index (κ2) is 19.5. The maximum atomic E-state index is 12.5. The third-order valence-corrected chi connectivity index (χ3v) is 23.7. The van der Waals surface area contributed by atoms with Gasteiger partial charge in [-0.25, -0.2) is 4.85 Å². The summed E-state index contributed by atoms with van der Waals surface area (Å²) in [7, 11) is 0. The topological polar surface area (TPSA) is 47.6 Å². The molecule has 8 aliphatic heterocycles. The molecule has 23 rings (SSSR count). The van der Waals surface area contributed by atoms with Crippen LogP contribution in [0.25, 0.3) is 25.0 Å². The Morgan fingerprint density at radius 2 is 0.545 bits per heavy atom. The number of para-hydroxylation sites is 10. The van der Waals surface area contributed by atoms with E-state index >= 15 is 0 Å². The molecule has 0 saturated carbocycles. The first-order valence-corrected chi connectivity index (χ1v) is 34.8. The predicted octanol–water partition coefficient (Wildman–Crippen LogP) is 13.9. The quantitative estimate of drug-likeness (QED) is 0.129. The van der Waals surface area contributed by atoms with Crippen molar-refractivity contribution in [2.75, 3.05) is 29.4 Å². The summed E-state index contributed by atoms with van der Waals surface area (Å²) in [5.74, 6) is 0. The molecule has 14 aromatic carbocycles. The Morgan fingerprint density at radius 3 is 0.869 bits per heavy atom. The van der Waals surface area contributed by atoms with Crippen LogP contribution in [0, 0.1) is 17.9 Å². The maximum Gasteiger partial charge on any atom is 0.252 e. The van der Waals surface area contributed by atoms with Crippen molar-refractivity contribution in [1.82, 2.24) is 0 Å². The van der Waals surface area contributed by atoms with Crippen LogP contribution in [0.5, 0.6) is 0 Å². The third kappa shape index (κ3) is 6.70. The summed E-state index contributed by atoms with van der Waals surface area (Å²) in [4.78, 5) is 19.6. The van der Waals surface area contributed by atoms with Crippen molar-refractivity contribution in [3.05, 3.63) is 308 Å². The fourth-order valence-electron chi connectivity index (χ4n) is 19.1. The van der Waals surface area contributed by atoms with Gasteiger partial charge in [0.1, 0.15) is 6.07 Å². The summed E-state index contributed by atoms with van der Waals surface area (Å²) in [6.07, 6.45) is 0. The van der Waals surface area contributed by atoms with Gasteiger partial charge in [-0.15, -0.1) is 11.3 Å². The van der Waals surface area contributed by atoms with Crippen LogP contribution in [0.1, 0.15) is 5.56 Å². The summed E-state index contributed by atoms with van der Waals surface area (Å²) in [6.45, 7) is 8.94. The fraction of sp³-hybridized carbons (Fsp3) is 0. The van der Waals surface area contributed by atoms with Crippen molar-refractivity contribution < 1.29 is 0 Å². The lowest BCUT2D eigenvalue weighted by atomic mass is 9.28. The molecular formula is C86H48B4N8S. The van der Waals surface area contributed by atoms with E-state index in [1.165, 1.54) is 54.5 Å². The summed E-state index contributed by atoms with van der Waals surface area (Å²) >= 11 is 1.83. The van der Waals surface area contributed by atoms with Crippen LogP contribution in [0.3, 0.4) is 0 Å². The van der Waals surface area contributed by atoms with Gasteiger partial charge in [0, 0.05) is 89.0 Å². The van der Waals surface area contributed by atoms with E-state index in [2.05, 4.69) is 327 Å². The molecule has 13 heteroatoms. The molecule has 450 valence electrons. The highest BCUT2D eigenvalue weighted by atomic mass is 32.1.